The van der Waals surface area contributed by atoms with Gasteiger partial charge in [-0.25, -0.2) is 0 Å². The lowest BCUT2D eigenvalue weighted by atomic mass is 10.0. The topological polar surface area (TPSA) is 52.7 Å². The zero-order valence-corrected chi connectivity index (χ0v) is 15.3. The number of amides is 2. The Morgan fingerprint density at radius 2 is 1.76 bits per heavy atom. The van der Waals surface area contributed by atoms with Crippen molar-refractivity contribution < 1.29 is 9.59 Å². The molecular weight excluding hydrogens is 314 g/mol. The van der Waals surface area contributed by atoms with Gasteiger partial charge in [-0.3, -0.25) is 9.59 Å². The maximum atomic E-state index is 12.2. The van der Waals surface area contributed by atoms with Crippen molar-refractivity contribution in [1.82, 2.24) is 15.1 Å². The Bertz CT molecular complexity index is 590. The number of rotatable bonds is 7. The first-order valence-corrected chi connectivity index (χ1v) is 9.18. The van der Waals surface area contributed by atoms with E-state index in [-0.39, 0.29) is 11.8 Å². The fraction of sp³-hybridized carbons (Fsp3) is 0.500. The average molecular weight is 343 g/mol. The minimum Gasteiger partial charge on any atom is -0.352 e. The van der Waals surface area contributed by atoms with E-state index < -0.39 is 0 Å². The maximum absolute atomic E-state index is 12.2. The van der Waals surface area contributed by atoms with Crippen molar-refractivity contribution in [1.29, 1.82) is 0 Å². The molecule has 25 heavy (non-hydrogen) atoms. The van der Waals surface area contributed by atoms with Crippen LogP contribution in [0.1, 0.15) is 32.3 Å². The molecule has 0 bridgehead atoms. The summed E-state index contributed by atoms with van der Waals surface area (Å²) in [4.78, 5) is 28.6. The van der Waals surface area contributed by atoms with Crippen LogP contribution in [0.4, 0.5) is 0 Å². The largest absolute Gasteiger partial charge is 0.352 e. The van der Waals surface area contributed by atoms with Gasteiger partial charge >= 0.3 is 0 Å². The summed E-state index contributed by atoms with van der Waals surface area (Å²) < 4.78 is 0. The summed E-state index contributed by atoms with van der Waals surface area (Å²) in [6.07, 6.45) is 2.79. The van der Waals surface area contributed by atoms with Gasteiger partial charge in [0.25, 0.3) is 0 Å². The van der Waals surface area contributed by atoms with Crippen LogP contribution in [0.2, 0.25) is 0 Å². The van der Waals surface area contributed by atoms with Gasteiger partial charge in [0.1, 0.15) is 0 Å². The summed E-state index contributed by atoms with van der Waals surface area (Å²) in [5.74, 6) is -0.0110. The average Bonchev–Trinajstić information content (AvgIpc) is 2.66. The predicted molar refractivity (Wildman–Crippen MR) is 101 cm³/mol. The Labute approximate surface area is 150 Å². The zero-order chi connectivity index (χ0) is 18.1. The second-order valence-corrected chi connectivity index (χ2v) is 6.25. The molecule has 0 radical (unpaired) electrons. The third kappa shape index (κ3) is 6.02. The van der Waals surface area contributed by atoms with Gasteiger partial charge in [0.05, 0.1) is 0 Å². The summed E-state index contributed by atoms with van der Waals surface area (Å²) in [6.45, 7) is 9.04. The molecule has 1 fully saturated rings. The molecule has 1 heterocycles. The van der Waals surface area contributed by atoms with Crippen molar-refractivity contribution in [3.8, 4) is 0 Å². The standard InChI is InChI=1S/C20H29N3O2/c1-3-17(18-8-6-5-7-9-18)16-19(24)21-11-10-20(25)23-14-12-22(4-2)13-15-23/h5-9,16H,3-4,10-15H2,1-2H3,(H,21,24)/b17-16+. The third-order valence-electron chi connectivity index (χ3n) is 4.64. The van der Waals surface area contributed by atoms with Gasteiger partial charge in [-0.2, -0.15) is 0 Å². The molecular formula is C20H29N3O2. The number of benzene rings is 1. The summed E-state index contributed by atoms with van der Waals surface area (Å²) >= 11 is 0. The molecule has 1 N–H and O–H groups in total. The molecule has 5 heteroatoms. The quantitative estimate of drug-likeness (QED) is 0.772. The molecule has 2 amide bonds. The summed E-state index contributed by atoms with van der Waals surface area (Å²) in [6, 6.07) is 9.90. The van der Waals surface area contributed by atoms with E-state index in [1.807, 2.05) is 42.2 Å². The molecule has 1 aliphatic heterocycles. The molecule has 5 nitrogen and oxygen atoms in total. The van der Waals surface area contributed by atoms with Gasteiger partial charge in [0.2, 0.25) is 11.8 Å². The van der Waals surface area contributed by atoms with Gasteiger partial charge < -0.3 is 15.1 Å². The van der Waals surface area contributed by atoms with Crippen LogP contribution in [0.5, 0.6) is 0 Å². The third-order valence-corrected chi connectivity index (χ3v) is 4.64. The molecule has 1 aromatic rings. The lowest BCUT2D eigenvalue weighted by molar-refractivity contribution is -0.132. The van der Waals surface area contributed by atoms with Crippen molar-refractivity contribution in [3.05, 3.63) is 42.0 Å². The molecule has 1 aliphatic rings. The number of hydrogen-bond acceptors (Lipinski definition) is 3. The van der Waals surface area contributed by atoms with Gasteiger partial charge in [-0.05, 0) is 24.1 Å². The molecule has 1 saturated heterocycles. The normalized spacial score (nSPS) is 15.9. The fourth-order valence-electron chi connectivity index (χ4n) is 3.02. The molecule has 0 unspecified atom stereocenters. The van der Waals surface area contributed by atoms with Gasteiger partial charge in [-0.1, -0.05) is 44.2 Å². The van der Waals surface area contributed by atoms with Crippen molar-refractivity contribution in [2.24, 2.45) is 0 Å². The first kappa shape index (κ1) is 19.2. The van der Waals surface area contributed by atoms with Crippen molar-refractivity contribution >= 4 is 17.4 Å². The second kappa shape index (κ2) is 9.99. The minimum absolute atomic E-state index is 0.124. The Morgan fingerprint density at radius 3 is 2.36 bits per heavy atom. The number of allylic oxidation sites excluding steroid dienone is 1. The van der Waals surface area contributed by atoms with E-state index in [9.17, 15) is 9.59 Å². The van der Waals surface area contributed by atoms with E-state index in [4.69, 9.17) is 0 Å². The Hall–Kier alpha value is -2.14. The number of carbonyl (C=O) groups excluding carboxylic acids is 2. The molecule has 136 valence electrons. The van der Waals surface area contributed by atoms with E-state index in [0.717, 1.165) is 50.3 Å². The fourth-order valence-corrected chi connectivity index (χ4v) is 3.02. The minimum atomic E-state index is -0.135. The number of likely N-dealkylation sites (N-methyl/N-ethyl adjacent to an activating group) is 1. The number of hydrogen-bond donors (Lipinski definition) is 1. The molecule has 1 aromatic carbocycles. The van der Waals surface area contributed by atoms with E-state index in [0.29, 0.717) is 13.0 Å². The summed E-state index contributed by atoms with van der Waals surface area (Å²) in [5.41, 5.74) is 2.06. The molecule has 0 spiro atoms. The van der Waals surface area contributed by atoms with E-state index >= 15 is 0 Å². The number of nitrogens with zero attached hydrogens (tertiary/aromatic N) is 2. The Balaban J connectivity index is 1.76. The van der Waals surface area contributed by atoms with Crippen molar-refractivity contribution in [2.75, 3.05) is 39.3 Å². The Kier molecular flexibility index (Phi) is 7.67. The van der Waals surface area contributed by atoms with Crippen LogP contribution >= 0.6 is 0 Å². The van der Waals surface area contributed by atoms with Crippen LogP contribution in [-0.2, 0) is 9.59 Å². The highest BCUT2D eigenvalue weighted by atomic mass is 16.2. The van der Waals surface area contributed by atoms with Crippen LogP contribution in [0.15, 0.2) is 36.4 Å². The highest BCUT2D eigenvalue weighted by molar-refractivity contribution is 5.95. The maximum Gasteiger partial charge on any atom is 0.244 e. The number of carbonyl (C=O) groups is 2. The lowest BCUT2D eigenvalue weighted by Gasteiger charge is -2.34. The molecule has 0 atom stereocenters. The van der Waals surface area contributed by atoms with Gasteiger partial charge in [0.15, 0.2) is 0 Å². The predicted octanol–water partition coefficient (Wildman–Crippen LogP) is 2.15. The summed E-state index contributed by atoms with van der Waals surface area (Å²) in [7, 11) is 0. The van der Waals surface area contributed by atoms with Gasteiger partial charge in [0, 0.05) is 45.2 Å². The van der Waals surface area contributed by atoms with E-state index in [2.05, 4.69) is 17.1 Å². The highest BCUT2D eigenvalue weighted by Gasteiger charge is 2.19. The van der Waals surface area contributed by atoms with E-state index in [1.54, 1.807) is 6.08 Å². The van der Waals surface area contributed by atoms with Crippen LogP contribution < -0.4 is 5.32 Å². The van der Waals surface area contributed by atoms with Gasteiger partial charge in [-0.15, -0.1) is 0 Å². The summed E-state index contributed by atoms with van der Waals surface area (Å²) in [5, 5.41) is 2.83. The smallest absolute Gasteiger partial charge is 0.244 e. The lowest BCUT2D eigenvalue weighted by Crippen LogP contribution is -2.49. The van der Waals surface area contributed by atoms with Crippen LogP contribution in [0.3, 0.4) is 0 Å². The molecule has 0 saturated carbocycles. The first-order valence-electron chi connectivity index (χ1n) is 9.18. The zero-order valence-electron chi connectivity index (χ0n) is 15.3. The molecule has 0 aliphatic carbocycles. The highest BCUT2D eigenvalue weighted by Crippen LogP contribution is 2.16. The number of piperazine rings is 1. The Morgan fingerprint density at radius 1 is 1.08 bits per heavy atom. The van der Waals surface area contributed by atoms with Crippen molar-refractivity contribution in [2.45, 2.75) is 26.7 Å². The number of nitrogens with one attached hydrogen (secondary N) is 1. The first-order chi connectivity index (χ1) is 12.1. The SMILES string of the molecule is CC/C(=C\C(=O)NCCC(=O)N1CCN(CC)CC1)c1ccccc1. The van der Waals surface area contributed by atoms with Crippen LogP contribution in [0.25, 0.3) is 5.57 Å². The van der Waals surface area contributed by atoms with Crippen LogP contribution in [0, 0.1) is 0 Å². The van der Waals surface area contributed by atoms with Crippen LogP contribution in [-0.4, -0.2) is 60.9 Å². The van der Waals surface area contributed by atoms with Crippen molar-refractivity contribution in [3.63, 3.8) is 0 Å². The molecule has 0 aromatic heterocycles. The van der Waals surface area contributed by atoms with E-state index in [1.165, 1.54) is 0 Å². The monoisotopic (exact) mass is 343 g/mol. The molecule has 2 rings (SSSR count). The second-order valence-electron chi connectivity index (χ2n) is 6.25.